The second kappa shape index (κ2) is 7.79. The molecule has 144 valence electrons. The Kier molecular flexibility index (Phi) is 5.60. The summed E-state index contributed by atoms with van der Waals surface area (Å²) in [6.07, 6.45) is 0. The third-order valence-corrected chi connectivity index (χ3v) is 4.73. The summed E-state index contributed by atoms with van der Waals surface area (Å²) in [5, 5.41) is 0.803. The van der Waals surface area contributed by atoms with Crippen LogP contribution in [-0.2, 0) is 9.53 Å². The predicted octanol–water partition coefficient (Wildman–Crippen LogP) is 2.22. The Morgan fingerprint density at radius 2 is 1.89 bits per heavy atom. The number of ether oxygens (including phenoxy) is 1. The lowest BCUT2D eigenvalue weighted by atomic mass is 9.95. The number of carbonyl (C=O) groups excluding carboxylic acids is 1. The lowest BCUT2D eigenvalue weighted by Gasteiger charge is -2.19. The van der Waals surface area contributed by atoms with Crippen molar-refractivity contribution in [3.05, 3.63) is 58.6 Å². The van der Waals surface area contributed by atoms with Crippen LogP contribution in [-0.4, -0.2) is 34.7 Å². The van der Waals surface area contributed by atoms with E-state index < -0.39 is 17.4 Å². The van der Waals surface area contributed by atoms with Crippen molar-refractivity contribution < 1.29 is 13.9 Å². The molecule has 0 spiro atoms. The number of thioether (sulfide) groups is 1. The largest absolute Gasteiger partial charge is 0.459 e. The molecular weight excluding hydrogens is 378 g/mol. The summed E-state index contributed by atoms with van der Waals surface area (Å²) in [4.78, 5) is 29.8. The van der Waals surface area contributed by atoms with Gasteiger partial charge in [0.15, 0.2) is 5.16 Å². The number of benzene rings is 2. The molecule has 3 rings (SSSR count). The quantitative estimate of drug-likeness (QED) is 0.292. The molecule has 0 N–H and O–H groups in total. The van der Waals surface area contributed by atoms with Crippen LogP contribution in [0.2, 0.25) is 0 Å². The van der Waals surface area contributed by atoms with Crippen LogP contribution in [0.25, 0.3) is 16.6 Å². The van der Waals surface area contributed by atoms with E-state index in [2.05, 4.69) is 4.98 Å². The van der Waals surface area contributed by atoms with Crippen LogP contribution in [0.15, 0.2) is 52.4 Å². The summed E-state index contributed by atoms with van der Waals surface area (Å²) in [6.45, 7) is 5.38. The minimum absolute atomic E-state index is 0.00221. The minimum Gasteiger partial charge on any atom is -0.459 e. The van der Waals surface area contributed by atoms with Crippen LogP contribution in [0.5, 0.6) is 0 Å². The number of esters is 1. The molecule has 0 unspecified atom stereocenters. The lowest BCUT2D eigenvalue weighted by molar-refractivity contribution is -0.151. The van der Waals surface area contributed by atoms with Gasteiger partial charge < -0.3 is 4.74 Å². The molecule has 8 heteroatoms. The fourth-order valence-electron chi connectivity index (χ4n) is 2.68. The summed E-state index contributed by atoms with van der Waals surface area (Å²) in [6, 6.07) is 11.0. The first kappa shape index (κ1) is 20.1. The Hall–Kier alpha value is -2.61. The van der Waals surface area contributed by atoms with Gasteiger partial charge >= 0.3 is 5.97 Å². The van der Waals surface area contributed by atoms with Crippen LogP contribution < -0.4 is 11.0 Å². The average Bonchev–Trinajstić information content (AvgIpc) is 2.59. The molecule has 0 aliphatic heterocycles. The first-order valence-corrected chi connectivity index (χ1v) is 9.76. The Morgan fingerprint density at radius 1 is 1.21 bits per heavy atom. The molecule has 2 aromatic carbocycles. The second-order valence-corrected chi connectivity index (χ2v) is 8.35. The second-order valence-electron chi connectivity index (χ2n) is 7.41. The molecule has 0 aliphatic carbocycles. The van der Waals surface area contributed by atoms with Gasteiger partial charge in [-0.2, -0.15) is 0 Å². The molecule has 0 saturated carbocycles. The van der Waals surface area contributed by atoms with Gasteiger partial charge in [0, 0.05) is 0 Å². The van der Waals surface area contributed by atoms with Crippen LogP contribution in [0, 0.1) is 5.82 Å². The number of carbonyl (C=O) groups is 1. The van der Waals surface area contributed by atoms with E-state index in [9.17, 15) is 14.0 Å². The maximum atomic E-state index is 13.3. The van der Waals surface area contributed by atoms with Gasteiger partial charge in [0.25, 0.3) is 5.56 Å². The normalized spacial score (nSPS) is 11.6. The summed E-state index contributed by atoms with van der Waals surface area (Å²) in [7, 11) is 1.92. The molecule has 3 aromatic rings. The van der Waals surface area contributed by atoms with Crippen LogP contribution in [0.4, 0.5) is 4.39 Å². The van der Waals surface area contributed by atoms with E-state index in [1.807, 2.05) is 20.0 Å². The number of halogens is 1. The molecule has 0 fully saturated rings. The molecule has 0 saturated heterocycles. The molecule has 5 nitrogen and oxygen atoms in total. The highest BCUT2D eigenvalue weighted by Crippen LogP contribution is 2.22. The zero-order valence-electron chi connectivity index (χ0n) is 16.2. The third-order valence-electron chi connectivity index (χ3n) is 3.82. The zero-order chi connectivity index (χ0) is 20.5. The van der Waals surface area contributed by atoms with E-state index in [-0.39, 0.29) is 11.3 Å². The van der Waals surface area contributed by atoms with Crippen molar-refractivity contribution in [2.75, 3.05) is 5.75 Å². The molecule has 0 atom stereocenters. The van der Waals surface area contributed by atoms with Gasteiger partial charge in [-0.3, -0.25) is 14.2 Å². The van der Waals surface area contributed by atoms with Crippen molar-refractivity contribution in [2.24, 2.45) is 0 Å². The fraction of sp³-hybridized carbons (Fsp3) is 0.250. The number of hydrogen-bond acceptors (Lipinski definition) is 5. The molecule has 0 radical (unpaired) electrons. The van der Waals surface area contributed by atoms with Crippen LogP contribution >= 0.6 is 11.8 Å². The smallest absolute Gasteiger partial charge is 0.316 e. The third kappa shape index (κ3) is 4.62. The first-order valence-electron chi connectivity index (χ1n) is 8.78. The standard InChI is InChI=1S/C20H20BFN2O3S/c1-20(2,3)27-17(25)11-28-19-23-16-10-12(21)4-9-15(16)18(26)24(19)14-7-5-13(22)6-8-14/h4-10H,11,21H2,1-3H3. The SMILES string of the molecule is Bc1ccc2c(=O)n(-c3ccc(F)cc3)c(SCC(=O)OC(C)(C)C)nc2c1. The zero-order valence-corrected chi connectivity index (χ0v) is 17.0. The number of hydrogen-bond donors (Lipinski definition) is 0. The topological polar surface area (TPSA) is 61.2 Å². The highest BCUT2D eigenvalue weighted by Gasteiger charge is 2.19. The Bertz CT molecular complexity index is 1090. The summed E-state index contributed by atoms with van der Waals surface area (Å²) < 4.78 is 20.1. The van der Waals surface area contributed by atoms with E-state index in [1.165, 1.54) is 28.8 Å². The summed E-state index contributed by atoms with van der Waals surface area (Å²) in [5.41, 5.74) is 1.13. The van der Waals surface area contributed by atoms with E-state index >= 15 is 0 Å². The molecule has 0 aliphatic rings. The highest BCUT2D eigenvalue weighted by molar-refractivity contribution is 7.99. The van der Waals surface area contributed by atoms with Gasteiger partial charge in [-0.25, -0.2) is 9.37 Å². The fourth-order valence-corrected chi connectivity index (χ4v) is 3.47. The summed E-state index contributed by atoms with van der Waals surface area (Å²) >= 11 is 1.11. The van der Waals surface area contributed by atoms with Crippen molar-refractivity contribution >= 4 is 41.9 Å². The Labute approximate surface area is 167 Å². The van der Waals surface area contributed by atoms with Crippen molar-refractivity contribution in [1.29, 1.82) is 0 Å². The minimum atomic E-state index is -0.595. The average molecular weight is 398 g/mol. The van der Waals surface area contributed by atoms with Crippen molar-refractivity contribution in [1.82, 2.24) is 9.55 Å². The molecule has 1 heterocycles. The van der Waals surface area contributed by atoms with E-state index in [4.69, 9.17) is 4.74 Å². The van der Waals surface area contributed by atoms with Gasteiger partial charge in [0.2, 0.25) is 0 Å². The number of rotatable bonds is 4. The molecule has 1 aromatic heterocycles. The number of nitrogens with zero attached hydrogens (tertiary/aromatic N) is 2. The molecule has 0 amide bonds. The maximum absolute atomic E-state index is 13.3. The van der Waals surface area contributed by atoms with Crippen molar-refractivity contribution in [3.63, 3.8) is 0 Å². The summed E-state index contributed by atoms with van der Waals surface area (Å²) in [5.74, 6) is -0.798. The van der Waals surface area contributed by atoms with Gasteiger partial charge in [0.05, 0.1) is 22.3 Å². The van der Waals surface area contributed by atoms with Gasteiger partial charge in [-0.15, -0.1) is 0 Å². The van der Waals surface area contributed by atoms with Gasteiger partial charge in [-0.1, -0.05) is 23.3 Å². The molecule has 28 heavy (non-hydrogen) atoms. The van der Waals surface area contributed by atoms with Gasteiger partial charge in [-0.05, 0) is 57.2 Å². The Morgan fingerprint density at radius 3 is 2.54 bits per heavy atom. The predicted molar refractivity (Wildman–Crippen MR) is 112 cm³/mol. The molecular formula is C20H20BFN2O3S. The van der Waals surface area contributed by atoms with Crippen molar-refractivity contribution in [2.45, 2.75) is 31.5 Å². The van der Waals surface area contributed by atoms with E-state index in [0.29, 0.717) is 21.7 Å². The van der Waals surface area contributed by atoms with Gasteiger partial charge in [0.1, 0.15) is 19.3 Å². The van der Waals surface area contributed by atoms with E-state index in [1.54, 1.807) is 26.8 Å². The first-order chi connectivity index (χ1) is 13.1. The number of fused-ring (bicyclic) bond motifs is 1. The molecule has 0 bridgehead atoms. The number of aromatic nitrogens is 2. The van der Waals surface area contributed by atoms with E-state index in [0.717, 1.165) is 17.2 Å². The van der Waals surface area contributed by atoms with Crippen molar-refractivity contribution in [3.8, 4) is 5.69 Å². The Balaban J connectivity index is 2.08. The monoisotopic (exact) mass is 398 g/mol. The van der Waals surface area contributed by atoms with Crippen LogP contribution in [0.3, 0.4) is 0 Å². The lowest BCUT2D eigenvalue weighted by Crippen LogP contribution is -2.26. The highest BCUT2D eigenvalue weighted by atomic mass is 32.2. The maximum Gasteiger partial charge on any atom is 0.316 e. The van der Waals surface area contributed by atoms with Crippen LogP contribution in [0.1, 0.15) is 20.8 Å².